The number of carbonyl (C=O) groups excluding carboxylic acids is 2. The van der Waals surface area contributed by atoms with Crippen LogP contribution < -0.4 is 32.0 Å². The first-order chi connectivity index (χ1) is 29.5. The Bertz CT molecular complexity index is 2630. The molecule has 0 aliphatic carbocycles. The first-order valence-electron chi connectivity index (χ1n) is 19.2. The number of carbonyl (C=O) groups is 2. The van der Waals surface area contributed by atoms with Crippen molar-refractivity contribution in [3.05, 3.63) is 82.7 Å². The van der Waals surface area contributed by atoms with Crippen LogP contribution in [0.3, 0.4) is 0 Å². The maximum Gasteiger partial charge on any atom is 0.249 e. The van der Waals surface area contributed by atoms with E-state index in [2.05, 4.69) is 25.3 Å². The Morgan fingerprint density at radius 1 is 0.730 bits per heavy atom. The number of aromatic nitrogens is 4. The van der Waals surface area contributed by atoms with Gasteiger partial charge in [-0.1, -0.05) is 6.92 Å². The summed E-state index contributed by atoms with van der Waals surface area (Å²) in [6.07, 6.45) is 7.51. The van der Waals surface area contributed by atoms with Gasteiger partial charge in [0.2, 0.25) is 41.0 Å². The van der Waals surface area contributed by atoms with Gasteiger partial charge in [0.05, 0.1) is 43.6 Å². The topological polar surface area (TPSA) is 303 Å². The second-order valence-electron chi connectivity index (χ2n) is 14.3. The number of hydrogen-bond donors (Lipinski definition) is 4. The number of piperidine rings is 2. The van der Waals surface area contributed by atoms with Gasteiger partial charge in [-0.15, -0.1) is 0 Å². The van der Waals surface area contributed by atoms with E-state index in [-0.39, 0.29) is 69.2 Å². The largest absolute Gasteiger partial charge is 0.494 e. The average Bonchev–Trinajstić information content (AvgIpc) is 3.23. The van der Waals surface area contributed by atoms with Gasteiger partial charge in [0.15, 0.2) is 34.7 Å². The minimum atomic E-state index is -3.63. The first-order valence-corrected chi connectivity index (χ1v) is 24.5. The summed E-state index contributed by atoms with van der Waals surface area (Å²) in [6, 6.07) is 7.71. The fourth-order valence-corrected chi connectivity index (χ4v) is 8.58. The van der Waals surface area contributed by atoms with Crippen molar-refractivity contribution in [1.82, 2.24) is 28.5 Å². The van der Waals surface area contributed by atoms with Gasteiger partial charge in [-0.05, 0) is 62.1 Å². The molecule has 2 aliphatic heterocycles. The van der Waals surface area contributed by atoms with Gasteiger partial charge >= 0.3 is 0 Å². The van der Waals surface area contributed by atoms with Gasteiger partial charge in [-0.25, -0.2) is 57.6 Å². The Balaban J connectivity index is 0.000000227. The number of nitrogens with one attached hydrogen (secondary N) is 1. The number of sulfone groups is 1. The molecule has 0 atom stereocenters. The molecule has 6 rings (SSSR count). The fourth-order valence-electron chi connectivity index (χ4n) is 6.12. The molecule has 0 spiro atoms. The van der Waals surface area contributed by atoms with Crippen LogP contribution >= 0.6 is 0 Å². The van der Waals surface area contributed by atoms with Crippen molar-refractivity contribution in [1.29, 1.82) is 0 Å². The van der Waals surface area contributed by atoms with Crippen LogP contribution in [0.2, 0.25) is 0 Å². The van der Waals surface area contributed by atoms with Crippen molar-refractivity contribution in [2.24, 2.45) is 5.73 Å². The third kappa shape index (κ3) is 13.5. The van der Waals surface area contributed by atoms with Crippen LogP contribution in [0.25, 0.3) is 0 Å². The van der Waals surface area contributed by atoms with Gasteiger partial charge < -0.3 is 32.0 Å². The Morgan fingerprint density at radius 2 is 1.16 bits per heavy atom. The molecule has 63 heavy (non-hydrogen) atoms. The molecule has 0 amide bonds. The summed E-state index contributed by atoms with van der Waals surface area (Å²) < 4.78 is 109. The molecule has 25 heteroatoms. The van der Waals surface area contributed by atoms with Crippen LogP contribution in [0.1, 0.15) is 64.4 Å². The smallest absolute Gasteiger partial charge is 0.249 e. The monoisotopic (exact) mass is 940 g/mol. The highest BCUT2D eigenvalue weighted by Gasteiger charge is 2.27. The molecule has 2 aromatic heterocycles. The summed E-state index contributed by atoms with van der Waals surface area (Å²) in [6.45, 7) is 3.42. The number of methoxy groups -OCH3 is 2. The molecule has 2 fully saturated rings. The van der Waals surface area contributed by atoms with E-state index in [1.54, 1.807) is 0 Å². The predicted molar refractivity (Wildman–Crippen MR) is 230 cm³/mol. The summed E-state index contributed by atoms with van der Waals surface area (Å²) >= 11 is 0. The number of nitrogen functional groups attached to an aromatic ring is 2. The highest BCUT2D eigenvalue weighted by atomic mass is 32.2. The molecule has 2 aromatic carbocycles. The molecular formula is C38H50F2N10O10S3. The van der Waals surface area contributed by atoms with E-state index in [0.29, 0.717) is 39.0 Å². The van der Waals surface area contributed by atoms with Crippen molar-refractivity contribution < 1.29 is 53.1 Å². The van der Waals surface area contributed by atoms with Gasteiger partial charge in [0, 0.05) is 61.8 Å². The van der Waals surface area contributed by atoms with Gasteiger partial charge in [0.25, 0.3) is 0 Å². The normalized spacial score (nSPS) is 15.6. The van der Waals surface area contributed by atoms with Crippen LogP contribution in [0, 0.1) is 11.6 Å². The molecule has 344 valence electrons. The third-order valence-corrected chi connectivity index (χ3v) is 13.9. The lowest BCUT2D eigenvalue weighted by atomic mass is 10.0. The van der Waals surface area contributed by atoms with Crippen molar-refractivity contribution in [3.8, 4) is 11.5 Å². The fraction of sp³-hybridized carbons (Fsp3) is 0.421. The molecule has 2 aliphatic rings. The molecule has 4 heterocycles. The number of halogens is 2. The van der Waals surface area contributed by atoms with Crippen LogP contribution in [0.5, 0.6) is 11.5 Å². The number of ether oxygens (including phenoxy) is 2. The Hall–Kier alpha value is -5.47. The van der Waals surface area contributed by atoms with Gasteiger partial charge in [-0.3, -0.25) is 9.59 Å². The maximum absolute atomic E-state index is 13.9. The quantitative estimate of drug-likeness (QED) is 0.116. The Labute approximate surface area is 364 Å². The van der Waals surface area contributed by atoms with Crippen molar-refractivity contribution in [3.63, 3.8) is 0 Å². The number of anilines is 3. The number of rotatable bonds is 12. The highest BCUT2D eigenvalue weighted by Crippen LogP contribution is 2.24. The Morgan fingerprint density at radius 3 is 1.54 bits per heavy atom. The van der Waals surface area contributed by atoms with E-state index >= 15 is 0 Å². The maximum atomic E-state index is 13.9. The van der Waals surface area contributed by atoms with Gasteiger partial charge in [-0.2, -0.15) is 4.98 Å². The van der Waals surface area contributed by atoms with Crippen molar-refractivity contribution in [2.45, 2.75) is 49.8 Å². The third-order valence-electron chi connectivity index (χ3n) is 9.81. The molecule has 7 N–H and O–H groups in total. The van der Waals surface area contributed by atoms with E-state index in [1.165, 1.54) is 72.7 Å². The van der Waals surface area contributed by atoms with Crippen LogP contribution in [0.15, 0.2) is 53.9 Å². The SMILES string of the molecule is CCS(=O)(=O)c1ncc(C(=O)c2ccc(OC)c(F)c2)c(N)n1.COc1ccc(C(=O)c2cnc(NC3CCN(S(C)(=O)=O)CC3)nc2N)cc1F.CS(=O)(=O)N1CCC(N)CC1. The summed E-state index contributed by atoms with van der Waals surface area (Å²) in [4.78, 5) is 40.5. The lowest BCUT2D eigenvalue weighted by Crippen LogP contribution is -2.42. The summed E-state index contributed by atoms with van der Waals surface area (Å²) in [5.74, 6) is -2.71. The molecule has 0 bridgehead atoms. The van der Waals surface area contributed by atoms with E-state index in [0.717, 1.165) is 31.2 Å². The zero-order chi connectivity index (χ0) is 46.9. The molecular weight excluding hydrogens is 891 g/mol. The number of nitrogens with zero attached hydrogens (tertiary/aromatic N) is 6. The first kappa shape index (κ1) is 50.2. The second kappa shape index (κ2) is 21.3. The number of hydrogen-bond acceptors (Lipinski definition) is 18. The number of nitrogens with two attached hydrogens (primary N) is 3. The van der Waals surface area contributed by atoms with Gasteiger partial charge in [0.1, 0.15) is 11.6 Å². The van der Waals surface area contributed by atoms with E-state index in [9.17, 15) is 43.6 Å². The summed E-state index contributed by atoms with van der Waals surface area (Å²) in [5.41, 5.74) is 17.3. The van der Waals surface area contributed by atoms with E-state index in [1.807, 2.05) is 0 Å². The number of ketones is 2. The molecule has 0 saturated carbocycles. The summed E-state index contributed by atoms with van der Waals surface area (Å²) in [5, 5.41) is 2.66. The van der Waals surface area contributed by atoms with E-state index < -0.39 is 58.2 Å². The highest BCUT2D eigenvalue weighted by molar-refractivity contribution is 7.91. The standard InChI is InChI=1S/C18H22FN5O4S.C14H14FN3O4S.C6H14N2O2S/c1-28-15-4-3-11(9-14(15)19)16(25)13-10-21-18(23-17(13)20)22-12-5-7-24(8-6-12)29(2,26)27;1-3-23(20,21)14-17-7-9(13(16)18-14)12(19)8-4-5-11(22-2)10(15)6-8;1-11(9,10)8-4-2-6(7)3-5-8/h3-4,9-10,12H,5-8H2,1-2H3,(H3,20,21,22,23);4-7H,3H2,1-2H3,(H2,16,17,18);6H,2-5,7H2,1H3. The number of sulfonamides is 2. The molecule has 0 radical (unpaired) electrons. The van der Waals surface area contributed by atoms with Crippen LogP contribution in [0.4, 0.5) is 26.4 Å². The minimum absolute atomic E-state index is 0.00448. The molecule has 4 aromatic rings. The van der Waals surface area contributed by atoms with E-state index in [4.69, 9.17) is 26.7 Å². The zero-order valence-corrected chi connectivity index (χ0v) is 37.6. The lowest BCUT2D eigenvalue weighted by Gasteiger charge is -2.30. The predicted octanol–water partition coefficient (Wildman–Crippen LogP) is 1.87. The lowest BCUT2D eigenvalue weighted by molar-refractivity contribution is 0.103. The zero-order valence-electron chi connectivity index (χ0n) is 35.1. The molecule has 2 saturated heterocycles. The summed E-state index contributed by atoms with van der Waals surface area (Å²) in [7, 11) is -7.16. The van der Waals surface area contributed by atoms with Crippen molar-refractivity contribution >= 4 is 59.0 Å². The average molecular weight is 941 g/mol. The number of benzene rings is 2. The minimum Gasteiger partial charge on any atom is -0.494 e. The molecule has 0 unspecified atom stereocenters. The molecule has 20 nitrogen and oxygen atoms in total. The Kier molecular flexibility index (Phi) is 16.9. The van der Waals surface area contributed by atoms with Crippen LogP contribution in [-0.4, -0.2) is 136 Å². The second-order valence-corrected chi connectivity index (χ2v) is 20.4. The van der Waals surface area contributed by atoms with Crippen LogP contribution in [-0.2, 0) is 29.9 Å². The van der Waals surface area contributed by atoms with Crippen molar-refractivity contribution in [2.75, 3.05) is 75.4 Å².